The van der Waals surface area contributed by atoms with E-state index in [2.05, 4.69) is 15.3 Å². The van der Waals surface area contributed by atoms with Gasteiger partial charge in [0.05, 0.1) is 11.2 Å². The summed E-state index contributed by atoms with van der Waals surface area (Å²) in [6, 6.07) is 12.3. The minimum absolute atomic E-state index is 0.0266. The summed E-state index contributed by atoms with van der Waals surface area (Å²) in [5, 5.41) is 4.04. The summed E-state index contributed by atoms with van der Waals surface area (Å²) in [5.74, 6) is 1.23. The molecule has 1 amide bonds. The molecule has 5 rings (SSSR count). The summed E-state index contributed by atoms with van der Waals surface area (Å²) in [6.07, 6.45) is 7.15. The highest BCUT2D eigenvalue weighted by Gasteiger charge is 2.27. The number of pyridine rings is 1. The molecule has 3 aromatic heterocycles. The van der Waals surface area contributed by atoms with E-state index in [9.17, 15) is 9.18 Å². The highest BCUT2D eigenvalue weighted by Crippen LogP contribution is 2.29. The van der Waals surface area contributed by atoms with Crippen LogP contribution in [0.25, 0.3) is 22.3 Å². The first-order chi connectivity index (χ1) is 16.1. The van der Waals surface area contributed by atoms with Crippen LogP contribution in [0, 0.1) is 5.82 Å². The Morgan fingerprint density at radius 1 is 1.15 bits per heavy atom. The molecule has 0 aliphatic carbocycles. The number of hydrogen-bond donors (Lipinski definition) is 1. The molecule has 0 radical (unpaired) electrons. The molecule has 7 nitrogen and oxygen atoms in total. The quantitative estimate of drug-likeness (QED) is 0.502. The van der Waals surface area contributed by atoms with Gasteiger partial charge in [-0.05, 0) is 54.6 Å². The lowest BCUT2D eigenvalue weighted by atomic mass is 9.94. The van der Waals surface area contributed by atoms with Gasteiger partial charge in [-0.1, -0.05) is 0 Å². The Kier molecular flexibility index (Phi) is 5.73. The average Bonchev–Trinajstić information content (AvgIpc) is 3.26. The largest absolute Gasteiger partial charge is 0.373 e. The van der Waals surface area contributed by atoms with E-state index in [1.54, 1.807) is 18.5 Å². The van der Waals surface area contributed by atoms with E-state index in [1.807, 2.05) is 47.0 Å². The van der Waals surface area contributed by atoms with Crippen molar-refractivity contribution in [2.45, 2.75) is 25.3 Å². The molecule has 4 aromatic rings. The molecule has 1 aliphatic rings. The zero-order chi connectivity index (χ0) is 22.8. The van der Waals surface area contributed by atoms with E-state index in [0.29, 0.717) is 18.9 Å². The lowest BCUT2D eigenvalue weighted by Gasteiger charge is -2.33. The molecule has 1 saturated heterocycles. The summed E-state index contributed by atoms with van der Waals surface area (Å²) in [7, 11) is 1.84. The van der Waals surface area contributed by atoms with Crippen LogP contribution < -0.4 is 5.32 Å². The molecule has 0 saturated carbocycles. The monoisotopic (exact) mass is 444 g/mol. The molecule has 1 aliphatic heterocycles. The molecule has 168 valence electrons. The standard InChI is InChI=1S/C25H25FN6O/c1-27-23-14-21(29-25(30-23)18-6-9-28-10-7-18)19-3-2-11-32(15-19)24(33)16-31-12-8-17-4-5-20(26)13-22(17)31/h4-10,12-14,19H,2-3,11,15-16H2,1H3,(H,27,29,30)/t19-/m1/s1. The third kappa shape index (κ3) is 4.41. The van der Waals surface area contributed by atoms with Crippen LogP contribution in [-0.2, 0) is 11.3 Å². The summed E-state index contributed by atoms with van der Waals surface area (Å²) in [4.78, 5) is 28.5. The number of aromatic nitrogens is 4. The lowest BCUT2D eigenvalue weighted by Crippen LogP contribution is -2.41. The van der Waals surface area contributed by atoms with Crippen molar-refractivity contribution in [3.05, 3.63) is 72.6 Å². The maximum absolute atomic E-state index is 13.7. The molecule has 1 atom stereocenters. The van der Waals surface area contributed by atoms with Gasteiger partial charge in [0.25, 0.3) is 0 Å². The number of halogens is 1. The normalized spacial score (nSPS) is 16.2. The fourth-order valence-electron chi connectivity index (χ4n) is 4.42. The van der Waals surface area contributed by atoms with Crippen molar-refractivity contribution in [2.24, 2.45) is 0 Å². The lowest BCUT2D eigenvalue weighted by molar-refractivity contribution is -0.133. The Morgan fingerprint density at radius 2 is 2.00 bits per heavy atom. The van der Waals surface area contributed by atoms with Crippen molar-refractivity contribution < 1.29 is 9.18 Å². The van der Waals surface area contributed by atoms with Gasteiger partial charge in [-0.15, -0.1) is 0 Å². The van der Waals surface area contributed by atoms with Crippen LogP contribution in [0.5, 0.6) is 0 Å². The van der Waals surface area contributed by atoms with E-state index in [1.165, 1.54) is 12.1 Å². The van der Waals surface area contributed by atoms with Crippen molar-refractivity contribution in [3.63, 3.8) is 0 Å². The fourth-order valence-corrected chi connectivity index (χ4v) is 4.42. The van der Waals surface area contributed by atoms with Crippen molar-refractivity contribution in [1.82, 2.24) is 24.4 Å². The number of rotatable bonds is 5. The number of fused-ring (bicyclic) bond motifs is 1. The number of amides is 1. The topological polar surface area (TPSA) is 75.9 Å². The highest BCUT2D eigenvalue weighted by molar-refractivity contribution is 5.83. The van der Waals surface area contributed by atoms with Crippen molar-refractivity contribution in [2.75, 3.05) is 25.5 Å². The zero-order valence-electron chi connectivity index (χ0n) is 18.4. The molecule has 0 unspecified atom stereocenters. The van der Waals surface area contributed by atoms with Gasteiger partial charge in [-0.3, -0.25) is 9.78 Å². The zero-order valence-corrected chi connectivity index (χ0v) is 18.4. The summed E-state index contributed by atoms with van der Waals surface area (Å²) >= 11 is 0. The summed E-state index contributed by atoms with van der Waals surface area (Å²) < 4.78 is 15.5. The van der Waals surface area contributed by atoms with Gasteiger partial charge in [0, 0.05) is 56.3 Å². The summed E-state index contributed by atoms with van der Waals surface area (Å²) in [6.45, 7) is 1.50. The smallest absolute Gasteiger partial charge is 0.242 e. The molecule has 33 heavy (non-hydrogen) atoms. The number of anilines is 1. The van der Waals surface area contributed by atoms with Crippen molar-refractivity contribution in [1.29, 1.82) is 0 Å². The van der Waals surface area contributed by atoms with Crippen LogP contribution in [-0.4, -0.2) is 50.5 Å². The summed E-state index contributed by atoms with van der Waals surface area (Å²) in [5.41, 5.74) is 2.55. The van der Waals surface area contributed by atoms with Crippen LogP contribution in [0.1, 0.15) is 24.5 Å². The molecular formula is C25H25FN6O. The minimum atomic E-state index is -0.304. The Labute approximate surface area is 191 Å². The Balaban J connectivity index is 1.36. The van der Waals surface area contributed by atoms with Gasteiger partial charge in [0.15, 0.2) is 5.82 Å². The number of nitrogens with zero attached hydrogens (tertiary/aromatic N) is 5. The van der Waals surface area contributed by atoms with E-state index in [-0.39, 0.29) is 24.2 Å². The molecule has 0 spiro atoms. The second-order valence-corrected chi connectivity index (χ2v) is 8.31. The van der Waals surface area contributed by atoms with E-state index < -0.39 is 0 Å². The number of benzene rings is 1. The van der Waals surface area contributed by atoms with E-state index >= 15 is 0 Å². The van der Waals surface area contributed by atoms with Gasteiger partial charge in [-0.25, -0.2) is 14.4 Å². The average molecular weight is 445 g/mol. The first kappa shape index (κ1) is 21.1. The van der Waals surface area contributed by atoms with Crippen molar-refractivity contribution in [3.8, 4) is 11.4 Å². The van der Waals surface area contributed by atoms with Crippen LogP contribution in [0.4, 0.5) is 10.2 Å². The maximum Gasteiger partial charge on any atom is 0.242 e. The van der Waals surface area contributed by atoms with Crippen LogP contribution in [0.3, 0.4) is 0 Å². The van der Waals surface area contributed by atoms with Gasteiger partial charge in [0.1, 0.15) is 18.2 Å². The molecule has 0 bridgehead atoms. The van der Waals surface area contributed by atoms with E-state index in [4.69, 9.17) is 4.98 Å². The van der Waals surface area contributed by atoms with Crippen LogP contribution in [0.2, 0.25) is 0 Å². The number of nitrogens with one attached hydrogen (secondary N) is 1. The molecule has 1 fully saturated rings. The van der Waals surface area contributed by atoms with Gasteiger partial charge >= 0.3 is 0 Å². The molecule has 1 aromatic carbocycles. The Hall–Kier alpha value is -3.81. The number of piperidine rings is 1. The van der Waals surface area contributed by atoms with Gasteiger partial charge < -0.3 is 14.8 Å². The second-order valence-electron chi connectivity index (χ2n) is 8.31. The van der Waals surface area contributed by atoms with E-state index in [0.717, 1.165) is 40.8 Å². The van der Waals surface area contributed by atoms with Crippen molar-refractivity contribution >= 4 is 22.6 Å². The fraction of sp³-hybridized carbons (Fsp3) is 0.280. The predicted molar refractivity (Wildman–Crippen MR) is 125 cm³/mol. The number of carbonyl (C=O) groups excluding carboxylic acids is 1. The number of carbonyl (C=O) groups is 1. The first-order valence-electron chi connectivity index (χ1n) is 11.1. The molecule has 8 heteroatoms. The Bertz CT molecular complexity index is 1290. The number of likely N-dealkylation sites (tertiary alicyclic amines) is 1. The maximum atomic E-state index is 13.7. The second kappa shape index (κ2) is 8.97. The first-order valence-corrected chi connectivity index (χ1v) is 11.1. The van der Waals surface area contributed by atoms with Crippen LogP contribution >= 0.6 is 0 Å². The highest BCUT2D eigenvalue weighted by atomic mass is 19.1. The minimum Gasteiger partial charge on any atom is -0.373 e. The van der Waals surface area contributed by atoms with Gasteiger partial charge in [-0.2, -0.15) is 0 Å². The molecule has 1 N–H and O–H groups in total. The third-order valence-electron chi connectivity index (χ3n) is 6.17. The predicted octanol–water partition coefficient (Wildman–Crippen LogP) is 4.08. The SMILES string of the molecule is CNc1cc([C@@H]2CCCN(C(=O)Cn3ccc4ccc(F)cc43)C2)nc(-c2ccncc2)n1. The van der Waals surface area contributed by atoms with Gasteiger partial charge in [0.2, 0.25) is 5.91 Å². The Morgan fingerprint density at radius 3 is 2.82 bits per heavy atom. The number of hydrogen-bond acceptors (Lipinski definition) is 5. The third-order valence-corrected chi connectivity index (χ3v) is 6.17. The van der Waals surface area contributed by atoms with Crippen LogP contribution in [0.15, 0.2) is 61.1 Å². The molecular weight excluding hydrogens is 419 g/mol. The molecule has 4 heterocycles.